The fourth-order valence-electron chi connectivity index (χ4n) is 4.50. The molecule has 0 unspecified atom stereocenters. The molecule has 0 atom stereocenters. The van der Waals surface area contributed by atoms with Crippen LogP contribution in [-0.4, -0.2) is 53.3 Å². The number of fused-ring (bicyclic) bond motifs is 3. The number of hydrogen-bond donors (Lipinski definition) is 2. The zero-order valence-electron chi connectivity index (χ0n) is 20.6. The Bertz CT molecular complexity index is 1340. The number of nitrogens with zero attached hydrogens (tertiary/aromatic N) is 1. The van der Waals surface area contributed by atoms with Gasteiger partial charge in [-0.1, -0.05) is 60.7 Å². The number of carbonyl (C=O) groups is 2. The summed E-state index contributed by atoms with van der Waals surface area (Å²) in [5.41, 5.74) is 3.12. The topological polar surface area (TPSA) is 100 Å². The van der Waals surface area contributed by atoms with Crippen molar-refractivity contribution in [2.75, 3.05) is 26.2 Å². The minimum Gasteiger partial charge on any atom is -0.494 e. The number of hydrogen-bond acceptors (Lipinski definition) is 5. The van der Waals surface area contributed by atoms with Crippen LogP contribution in [-0.2, 0) is 9.59 Å². The second-order valence-corrected chi connectivity index (χ2v) is 9.06. The molecule has 5 rings (SSSR count). The Morgan fingerprint density at radius 2 is 1.57 bits per heavy atom. The third kappa shape index (κ3) is 7.44. The van der Waals surface area contributed by atoms with E-state index in [4.69, 9.17) is 29.0 Å². The Kier molecular flexibility index (Phi) is 8.94. The highest BCUT2D eigenvalue weighted by atomic mass is 16.5. The van der Waals surface area contributed by atoms with Crippen molar-refractivity contribution in [1.29, 1.82) is 0 Å². The first-order chi connectivity index (χ1) is 18.0. The molecule has 1 aliphatic rings. The first-order valence-electron chi connectivity index (χ1n) is 12.4. The van der Waals surface area contributed by atoms with Gasteiger partial charge >= 0.3 is 11.9 Å². The minimum absolute atomic E-state index is 0.757. The van der Waals surface area contributed by atoms with Gasteiger partial charge in [0, 0.05) is 17.3 Å². The van der Waals surface area contributed by atoms with Gasteiger partial charge in [0.25, 0.3) is 0 Å². The first kappa shape index (κ1) is 26.0. The molecule has 0 radical (unpaired) electrons. The lowest BCUT2D eigenvalue weighted by atomic mass is 9.94. The zero-order valence-corrected chi connectivity index (χ0v) is 20.6. The molecule has 0 spiro atoms. The van der Waals surface area contributed by atoms with Crippen LogP contribution in [0.25, 0.3) is 28.0 Å². The molecule has 7 nitrogen and oxygen atoms in total. The molecule has 37 heavy (non-hydrogen) atoms. The number of carboxylic acid groups (broad SMARTS) is 2. The van der Waals surface area contributed by atoms with E-state index < -0.39 is 11.9 Å². The first-order valence-corrected chi connectivity index (χ1v) is 12.4. The summed E-state index contributed by atoms with van der Waals surface area (Å²) in [6.45, 7) is 4.17. The van der Waals surface area contributed by atoms with Gasteiger partial charge in [0.15, 0.2) is 0 Å². The highest BCUT2D eigenvalue weighted by Crippen LogP contribution is 2.31. The van der Waals surface area contributed by atoms with E-state index in [1.54, 1.807) is 0 Å². The van der Waals surface area contributed by atoms with Crippen molar-refractivity contribution >= 4 is 40.0 Å². The van der Waals surface area contributed by atoms with Gasteiger partial charge < -0.3 is 19.4 Å². The summed E-state index contributed by atoms with van der Waals surface area (Å²) in [5.74, 6) is -1.96. The molecule has 1 fully saturated rings. The number of likely N-dealkylation sites (tertiary alicyclic amines) is 1. The lowest BCUT2D eigenvalue weighted by molar-refractivity contribution is -0.159. The molecular weight excluding hydrogens is 470 g/mol. The van der Waals surface area contributed by atoms with E-state index in [1.165, 1.54) is 31.5 Å². The maximum Gasteiger partial charge on any atom is 0.414 e. The van der Waals surface area contributed by atoms with Crippen LogP contribution < -0.4 is 4.74 Å². The molecule has 2 heterocycles. The van der Waals surface area contributed by atoms with Gasteiger partial charge in [0.05, 0.1) is 6.61 Å². The Hall–Kier alpha value is -4.10. The number of rotatable bonds is 7. The van der Waals surface area contributed by atoms with Gasteiger partial charge in [-0.05, 0) is 68.1 Å². The fraction of sp³-hybridized carbons (Fsp3) is 0.267. The van der Waals surface area contributed by atoms with E-state index in [-0.39, 0.29) is 0 Å². The molecule has 7 heteroatoms. The van der Waals surface area contributed by atoms with Gasteiger partial charge in [-0.25, -0.2) is 9.59 Å². The molecule has 1 saturated heterocycles. The lowest BCUT2D eigenvalue weighted by Crippen LogP contribution is -2.34. The second-order valence-electron chi connectivity index (χ2n) is 9.06. The predicted molar refractivity (Wildman–Crippen MR) is 144 cm³/mol. The molecule has 4 aromatic rings. The van der Waals surface area contributed by atoms with Gasteiger partial charge in [0.1, 0.15) is 16.9 Å². The van der Waals surface area contributed by atoms with Gasteiger partial charge in [-0.2, -0.15) is 0 Å². The summed E-state index contributed by atoms with van der Waals surface area (Å²) in [4.78, 5) is 20.7. The van der Waals surface area contributed by atoms with Crippen molar-refractivity contribution in [1.82, 2.24) is 4.90 Å². The predicted octanol–water partition coefficient (Wildman–Crippen LogP) is 5.94. The SMILES string of the molecule is C(=C\c1ccccc1)/CN1CCC(CCOc2ccc3oc4ccccc4c3c2)CC1.O=C(O)C(=O)O. The Labute approximate surface area is 215 Å². The number of piperidine rings is 1. The van der Waals surface area contributed by atoms with Crippen LogP contribution in [0.15, 0.2) is 83.3 Å². The lowest BCUT2D eigenvalue weighted by Gasteiger charge is -2.31. The van der Waals surface area contributed by atoms with E-state index in [1.807, 2.05) is 24.3 Å². The zero-order chi connectivity index (χ0) is 26.0. The molecule has 1 aliphatic heterocycles. The second kappa shape index (κ2) is 12.7. The van der Waals surface area contributed by atoms with E-state index in [2.05, 4.69) is 65.6 Å². The van der Waals surface area contributed by atoms with Crippen LogP contribution >= 0.6 is 0 Å². The summed E-state index contributed by atoms with van der Waals surface area (Å²) in [6.07, 6.45) is 8.15. The quantitative estimate of drug-likeness (QED) is 0.303. The summed E-state index contributed by atoms with van der Waals surface area (Å²) in [5, 5.41) is 17.1. The average molecular weight is 502 g/mol. The third-order valence-electron chi connectivity index (χ3n) is 6.51. The van der Waals surface area contributed by atoms with Gasteiger partial charge in [-0.3, -0.25) is 4.90 Å². The van der Waals surface area contributed by atoms with Gasteiger partial charge in [-0.15, -0.1) is 0 Å². The molecule has 0 saturated carbocycles. The summed E-state index contributed by atoms with van der Waals surface area (Å²) in [7, 11) is 0. The summed E-state index contributed by atoms with van der Waals surface area (Å²) in [6, 6.07) is 24.9. The average Bonchev–Trinajstić information content (AvgIpc) is 3.29. The number of benzene rings is 3. The highest BCUT2D eigenvalue weighted by molar-refractivity contribution is 6.27. The van der Waals surface area contributed by atoms with Crippen molar-refractivity contribution in [3.63, 3.8) is 0 Å². The van der Waals surface area contributed by atoms with E-state index >= 15 is 0 Å². The molecule has 0 aliphatic carbocycles. The number of carboxylic acids is 2. The Morgan fingerprint density at radius 1 is 0.892 bits per heavy atom. The molecule has 0 bridgehead atoms. The minimum atomic E-state index is -1.82. The molecule has 2 N–H and O–H groups in total. The summed E-state index contributed by atoms with van der Waals surface area (Å²) < 4.78 is 12.0. The van der Waals surface area contributed by atoms with Crippen LogP contribution in [0.4, 0.5) is 0 Å². The monoisotopic (exact) mass is 501 g/mol. The van der Waals surface area contributed by atoms with Crippen LogP contribution in [0.2, 0.25) is 0 Å². The number of para-hydroxylation sites is 1. The standard InChI is InChI=1S/C28H29NO2.C2H2O4/c1-2-7-22(8-3-1)9-6-17-29-18-14-23(15-19-29)16-20-30-24-12-13-28-26(21-24)25-10-4-5-11-27(25)31-28;3-1(4)2(5)6/h1-13,21,23H,14-20H2;(H,3,4)(H,5,6)/b9-6+;. The largest absolute Gasteiger partial charge is 0.494 e. The van der Waals surface area contributed by atoms with Crippen LogP contribution in [0.3, 0.4) is 0 Å². The Morgan fingerprint density at radius 3 is 2.30 bits per heavy atom. The molecule has 3 aromatic carbocycles. The van der Waals surface area contributed by atoms with Crippen molar-refractivity contribution < 1.29 is 29.0 Å². The fourth-order valence-corrected chi connectivity index (χ4v) is 4.50. The van der Waals surface area contributed by atoms with Crippen molar-refractivity contribution in [2.24, 2.45) is 5.92 Å². The van der Waals surface area contributed by atoms with Gasteiger partial charge in [0.2, 0.25) is 0 Å². The Balaban J connectivity index is 0.000000480. The van der Waals surface area contributed by atoms with Crippen LogP contribution in [0, 0.1) is 5.92 Å². The number of aliphatic carboxylic acids is 2. The molecular formula is C30H31NO6. The van der Waals surface area contributed by atoms with E-state index in [0.29, 0.717) is 0 Å². The van der Waals surface area contributed by atoms with Crippen LogP contribution in [0.1, 0.15) is 24.8 Å². The molecule has 1 aromatic heterocycles. The maximum absolute atomic E-state index is 9.10. The highest BCUT2D eigenvalue weighted by Gasteiger charge is 2.18. The van der Waals surface area contributed by atoms with E-state index in [9.17, 15) is 0 Å². The normalized spacial score (nSPS) is 14.5. The molecule has 0 amide bonds. The maximum atomic E-state index is 9.10. The number of furan rings is 1. The van der Waals surface area contributed by atoms with Crippen molar-refractivity contribution in [3.8, 4) is 5.75 Å². The molecule has 192 valence electrons. The van der Waals surface area contributed by atoms with E-state index in [0.717, 1.165) is 53.2 Å². The number of ether oxygens (including phenoxy) is 1. The van der Waals surface area contributed by atoms with Crippen molar-refractivity contribution in [2.45, 2.75) is 19.3 Å². The smallest absolute Gasteiger partial charge is 0.414 e. The third-order valence-corrected chi connectivity index (χ3v) is 6.51. The summed E-state index contributed by atoms with van der Waals surface area (Å²) >= 11 is 0. The van der Waals surface area contributed by atoms with Crippen LogP contribution in [0.5, 0.6) is 5.75 Å². The van der Waals surface area contributed by atoms with Crippen molar-refractivity contribution in [3.05, 3.63) is 84.4 Å².